The van der Waals surface area contributed by atoms with Crippen molar-refractivity contribution in [2.24, 2.45) is 5.84 Å². The summed E-state index contributed by atoms with van der Waals surface area (Å²) in [7, 11) is -3.49. The van der Waals surface area contributed by atoms with Crippen LogP contribution in [0, 0.1) is 0 Å². The number of carbonyl (C=O) groups excluding carboxylic acids is 1. The number of nitrogens with zero attached hydrogens (tertiary/aromatic N) is 1. The van der Waals surface area contributed by atoms with E-state index >= 15 is 0 Å². The minimum Gasteiger partial charge on any atom is -0.485 e. The lowest BCUT2D eigenvalue weighted by Gasteiger charge is -2.28. The summed E-state index contributed by atoms with van der Waals surface area (Å²) >= 11 is 0. The van der Waals surface area contributed by atoms with Gasteiger partial charge in [-0.15, -0.1) is 0 Å². The predicted octanol–water partition coefficient (Wildman–Crippen LogP) is -0.101. The average Bonchev–Trinajstić information content (AvgIpc) is 2.49. The van der Waals surface area contributed by atoms with Crippen LogP contribution in [-0.2, 0) is 14.3 Å². The van der Waals surface area contributed by atoms with Crippen molar-refractivity contribution >= 4 is 27.8 Å². The summed E-state index contributed by atoms with van der Waals surface area (Å²) in [5.41, 5.74) is 6.90. The second-order valence-corrected chi connectivity index (χ2v) is 6.59. The van der Waals surface area contributed by atoms with E-state index in [1.165, 1.54) is 11.1 Å². The Balaban J connectivity index is 2.16. The van der Waals surface area contributed by atoms with E-state index in [-0.39, 0.29) is 24.4 Å². The monoisotopic (exact) mass is 345 g/mol. The molecule has 0 amide bonds. The molecule has 128 valence electrons. The lowest BCUT2D eigenvalue weighted by Crippen LogP contribution is -2.34. The van der Waals surface area contributed by atoms with Gasteiger partial charge in [0.05, 0.1) is 24.1 Å². The molecule has 0 aromatic heterocycles. The van der Waals surface area contributed by atoms with Gasteiger partial charge in [-0.2, -0.15) is 8.42 Å². The highest BCUT2D eigenvalue weighted by Gasteiger charge is 2.25. The summed E-state index contributed by atoms with van der Waals surface area (Å²) < 4.78 is 37.5. The van der Waals surface area contributed by atoms with E-state index in [1.807, 2.05) is 0 Å². The first-order valence-corrected chi connectivity index (χ1v) is 8.69. The molecule has 1 heterocycles. The number of hydrogen-bond donors (Lipinski definition) is 2. The molecule has 1 aliphatic rings. The number of fused-ring (bicyclic) bond motifs is 1. The predicted molar refractivity (Wildman–Crippen MR) is 84.2 cm³/mol. The second-order valence-electron chi connectivity index (χ2n) is 4.95. The fraction of sp³-hybridized carbons (Fsp3) is 0.462. The van der Waals surface area contributed by atoms with Crippen molar-refractivity contribution in [3.05, 3.63) is 11.6 Å². The van der Waals surface area contributed by atoms with E-state index < -0.39 is 10.1 Å². The van der Waals surface area contributed by atoms with Crippen LogP contribution in [0.15, 0.2) is 6.07 Å². The van der Waals surface area contributed by atoms with Gasteiger partial charge in [-0.1, -0.05) is 0 Å². The quantitative estimate of drug-likeness (QED) is 0.173. The van der Waals surface area contributed by atoms with E-state index in [1.54, 1.807) is 0 Å². The summed E-state index contributed by atoms with van der Waals surface area (Å²) in [6.45, 7) is 0.908. The Morgan fingerprint density at radius 1 is 1.35 bits per heavy atom. The Labute approximate surface area is 134 Å². The van der Waals surface area contributed by atoms with Gasteiger partial charge in [0.1, 0.15) is 18.9 Å². The molecule has 0 saturated heterocycles. The number of carbonyl (C=O) groups is 1. The maximum Gasteiger partial charge on any atom is 0.264 e. The third kappa shape index (κ3) is 4.24. The molecule has 0 aliphatic carbocycles. The van der Waals surface area contributed by atoms with Gasteiger partial charge in [0.15, 0.2) is 17.8 Å². The van der Waals surface area contributed by atoms with E-state index in [4.69, 9.17) is 21.1 Å². The summed E-state index contributed by atoms with van der Waals surface area (Å²) in [5, 5.41) is 1.32. The van der Waals surface area contributed by atoms with Gasteiger partial charge in [-0.25, -0.2) is 5.84 Å². The van der Waals surface area contributed by atoms with Crippen molar-refractivity contribution in [2.75, 3.05) is 43.4 Å². The number of hydrogen-bond acceptors (Lipinski definition) is 9. The Bertz CT molecular complexity index is 691. The van der Waals surface area contributed by atoms with Gasteiger partial charge >= 0.3 is 0 Å². The molecule has 2 rings (SSSR count). The molecule has 0 bridgehead atoms. The van der Waals surface area contributed by atoms with E-state index in [0.29, 0.717) is 43.1 Å². The first kappa shape index (κ1) is 17.3. The first-order chi connectivity index (χ1) is 10.8. The number of nitrogens with two attached hydrogens (primary N) is 2. The SMILES string of the molecule is CS(=O)(=O)OCCCN(N)c1c(N)cc(C=O)c2c1OCCO2. The minimum absolute atomic E-state index is 0.00158. The molecule has 0 spiro atoms. The van der Waals surface area contributed by atoms with Gasteiger partial charge in [0, 0.05) is 6.54 Å². The zero-order chi connectivity index (χ0) is 17.0. The number of benzene rings is 1. The van der Waals surface area contributed by atoms with Crippen LogP contribution in [-0.4, -0.2) is 47.3 Å². The zero-order valence-corrected chi connectivity index (χ0v) is 13.5. The molecule has 0 saturated carbocycles. The van der Waals surface area contributed by atoms with Crippen molar-refractivity contribution in [3.8, 4) is 11.5 Å². The molecule has 10 heteroatoms. The van der Waals surface area contributed by atoms with Gasteiger partial charge < -0.3 is 20.2 Å². The highest BCUT2D eigenvalue weighted by atomic mass is 32.2. The number of aldehydes is 1. The molecule has 23 heavy (non-hydrogen) atoms. The number of rotatable bonds is 7. The lowest BCUT2D eigenvalue weighted by molar-refractivity contribution is 0.111. The maximum absolute atomic E-state index is 11.1. The third-order valence-electron chi connectivity index (χ3n) is 3.10. The first-order valence-electron chi connectivity index (χ1n) is 6.87. The largest absolute Gasteiger partial charge is 0.485 e. The molecule has 0 fully saturated rings. The van der Waals surface area contributed by atoms with Crippen LogP contribution in [0.5, 0.6) is 11.5 Å². The average molecular weight is 345 g/mol. The molecule has 1 aliphatic heterocycles. The van der Waals surface area contributed by atoms with Gasteiger partial charge in [-0.3, -0.25) is 8.98 Å². The van der Waals surface area contributed by atoms with Gasteiger partial charge in [-0.05, 0) is 12.5 Å². The fourth-order valence-corrected chi connectivity index (χ4v) is 2.60. The smallest absolute Gasteiger partial charge is 0.264 e. The Morgan fingerprint density at radius 3 is 2.61 bits per heavy atom. The van der Waals surface area contributed by atoms with Crippen LogP contribution in [0.1, 0.15) is 16.8 Å². The van der Waals surface area contributed by atoms with Crippen LogP contribution >= 0.6 is 0 Å². The summed E-state index contributed by atoms with van der Waals surface area (Å²) in [5.74, 6) is 6.60. The van der Waals surface area contributed by atoms with Crippen molar-refractivity contribution in [3.63, 3.8) is 0 Å². The van der Waals surface area contributed by atoms with Crippen LogP contribution in [0.3, 0.4) is 0 Å². The molecule has 9 nitrogen and oxygen atoms in total. The molecule has 0 unspecified atom stereocenters. The van der Waals surface area contributed by atoms with Crippen molar-refractivity contribution in [1.82, 2.24) is 0 Å². The fourth-order valence-electron chi connectivity index (χ4n) is 2.18. The maximum atomic E-state index is 11.1. The number of hydrazine groups is 1. The van der Waals surface area contributed by atoms with E-state index in [9.17, 15) is 13.2 Å². The van der Waals surface area contributed by atoms with Crippen LogP contribution < -0.4 is 26.1 Å². The summed E-state index contributed by atoms with van der Waals surface area (Å²) in [4.78, 5) is 11.1. The van der Waals surface area contributed by atoms with Crippen LogP contribution in [0.25, 0.3) is 0 Å². The third-order valence-corrected chi connectivity index (χ3v) is 3.69. The molecular weight excluding hydrogens is 326 g/mol. The van der Waals surface area contributed by atoms with E-state index in [2.05, 4.69) is 4.18 Å². The summed E-state index contributed by atoms with van der Waals surface area (Å²) in [6, 6.07) is 1.46. The zero-order valence-electron chi connectivity index (χ0n) is 12.6. The Hall–Kier alpha value is -2.04. The minimum atomic E-state index is -3.49. The molecule has 1 aromatic carbocycles. The number of ether oxygens (including phenoxy) is 2. The van der Waals surface area contributed by atoms with Crippen LogP contribution in [0.2, 0.25) is 0 Å². The number of anilines is 2. The molecule has 1 aromatic rings. The van der Waals surface area contributed by atoms with Gasteiger partial charge in [0.25, 0.3) is 10.1 Å². The number of nitrogen functional groups attached to an aromatic ring is 1. The molecule has 4 N–H and O–H groups in total. The normalized spacial score (nSPS) is 13.7. The van der Waals surface area contributed by atoms with Crippen molar-refractivity contribution in [2.45, 2.75) is 6.42 Å². The van der Waals surface area contributed by atoms with Crippen molar-refractivity contribution in [1.29, 1.82) is 0 Å². The highest BCUT2D eigenvalue weighted by Crippen LogP contribution is 2.45. The topological polar surface area (TPSA) is 134 Å². The standard InChI is InChI=1S/C13H19N3O6S/c1-23(18,19)22-4-2-3-16(15)11-10(14)7-9(8-17)12-13(11)21-6-5-20-12/h7-8H,2-6,14-15H2,1H3. The highest BCUT2D eigenvalue weighted by molar-refractivity contribution is 7.85. The van der Waals surface area contributed by atoms with Gasteiger partial charge in [0.2, 0.25) is 0 Å². The van der Waals surface area contributed by atoms with Crippen molar-refractivity contribution < 1.29 is 26.9 Å². The Kier molecular flexibility index (Phi) is 5.29. The molecule has 0 radical (unpaired) electrons. The Morgan fingerprint density at radius 2 is 2.00 bits per heavy atom. The van der Waals surface area contributed by atoms with Crippen LogP contribution in [0.4, 0.5) is 11.4 Å². The van der Waals surface area contributed by atoms with E-state index in [0.717, 1.165) is 6.26 Å². The molecular formula is C13H19N3O6S. The molecule has 0 atom stereocenters. The summed E-state index contributed by atoms with van der Waals surface area (Å²) in [6.07, 6.45) is 1.97. The second kappa shape index (κ2) is 7.02. The lowest BCUT2D eigenvalue weighted by atomic mass is 10.1.